The molecular formula is C17H19FN2O. The monoisotopic (exact) mass is 286 g/mol. The minimum atomic E-state index is -0.518. The summed E-state index contributed by atoms with van der Waals surface area (Å²) in [6, 6.07) is 13.5. The van der Waals surface area contributed by atoms with Gasteiger partial charge in [-0.1, -0.05) is 31.2 Å². The predicted octanol–water partition coefficient (Wildman–Crippen LogP) is 3.58. The van der Waals surface area contributed by atoms with Crippen molar-refractivity contribution in [2.75, 3.05) is 11.9 Å². The van der Waals surface area contributed by atoms with Gasteiger partial charge in [0.05, 0.1) is 5.56 Å². The maximum absolute atomic E-state index is 13.5. The number of nitrogens with one attached hydrogen (secondary N) is 2. The highest BCUT2D eigenvalue weighted by Crippen LogP contribution is 2.13. The number of hydrogen-bond donors (Lipinski definition) is 2. The highest BCUT2D eigenvalue weighted by molar-refractivity contribution is 6.04. The van der Waals surface area contributed by atoms with E-state index in [-0.39, 0.29) is 5.56 Å². The zero-order chi connectivity index (χ0) is 15.1. The molecule has 0 atom stereocenters. The van der Waals surface area contributed by atoms with Crippen LogP contribution in [-0.2, 0) is 6.54 Å². The molecule has 0 radical (unpaired) electrons. The van der Waals surface area contributed by atoms with Gasteiger partial charge in [-0.3, -0.25) is 4.79 Å². The van der Waals surface area contributed by atoms with Crippen molar-refractivity contribution in [2.24, 2.45) is 0 Å². The van der Waals surface area contributed by atoms with E-state index in [0.29, 0.717) is 5.69 Å². The van der Waals surface area contributed by atoms with Crippen LogP contribution in [0, 0.1) is 5.82 Å². The lowest BCUT2D eigenvalue weighted by molar-refractivity contribution is 0.102. The second kappa shape index (κ2) is 7.55. The van der Waals surface area contributed by atoms with Gasteiger partial charge < -0.3 is 10.6 Å². The number of benzene rings is 2. The van der Waals surface area contributed by atoms with Gasteiger partial charge in [-0.25, -0.2) is 4.39 Å². The maximum Gasteiger partial charge on any atom is 0.258 e. The zero-order valence-corrected chi connectivity index (χ0v) is 12.0. The van der Waals surface area contributed by atoms with Crippen LogP contribution in [0.25, 0.3) is 0 Å². The molecule has 1 amide bonds. The molecular weight excluding hydrogens is 267 g/mol. The number of anilines is 1. The van der Waals surface area contributed by atoms with E-state index in [1.165, 1.54) is 12.1 Å². The molecule has 0 bridgehead atoms. The second-order valence-corrected chi connectivity index (χ2v) is 4.81. The molecule has 0 heterocycles. The average molecular weight is 286 g/mol. The molecule has 2 aromatic rings. The molecule has 2 aromatic carbocycles. The first kappa shape index (κ1) is 15.2. The van der Waals surface area contributed by atoms with Gasteiger partial charge in [0.2, 0.25) is 0 Å². The Balaban J connectivity index is 1.97. The Morgan fingerprint density at radius 2 is 1.81 bits per heavy atom. The van der Waals surface area contributed by atoms with Crippen LogP contribution in [0.15, 0.2) is 48.5 Å². The Morgan fingerprint density at radius 3 is 2.48 bits per heavy atom. The molecule has 0 aromatic heterocycles. The van der Waals surface area contributed by atoms with E-state index < -0.39 is 11.7 Å². The quantitative estimate of drug-likeness (QED) is 0.797. The highest BCUT2D eigenvalue weighted by Gasteiger charge is 2.10. The molecule has 0 saturated carbocycles. The first-order valence-electron chi connectivity index (χ1n) is 7.06. The Kier molecular flexibility index (Phi) is 5.46. The van der Waals surface area contributed by atoms with Crippen LogP contribution in [0.2, 0.25) is 0 Å². The summed E-state index contributed by atoms with van der Waals surface area (Å²) in [6.07, 6.45) is 1.09. The molecule has 0 spiro atoms. The van der Waals surface area contributed by atoms with Crippen molar-refractivity contribution >= 4 is 11.6 Å². The first-order chi connectivity index (χ1) is 10.2. The molecule has 3 nitrogen and oxygen atoms in total. The SMILES string of the molecule is CCCNCc1ccc(NC(=O)c2ccccc2F)cc1. The van der Waals surface area contributed by atoms with Crippen LogP contribution in [-0.4, -0.2) is 12.5 Å². The number of carbonyl (C=O) groups excluding carboxylic acids is 1. The summed E-state index contributed by atoms with van der Waals surface area (Å²) in [5.74, 6) is -0.958. The third-order valence-electron chi connectivity index (χ3n) is 3.09. The Morgan fingerprint density at radius 1 is 1.10 bits per heavy atom. The fourth-order valence-electron chi connectivity index (χ4n) is 1.96. The molecule has 0 aliphatic heterocycles. The number of hydrogen-bond acceptors (Lipinski definition) is 2. The minimum absolute atomic E-state index is 0.0474. The molecule has 0 aliphatic carbocycles. The number of rotatable bonds is 6. The van der Waals surface area contributed by atoms with E-state index in [1.807, 2.05) is 24.3 Å². The van der Waals surface area contributed by atoms with Gasteiger partial charge in [0.15, 0.2) is 0 Å². The molecule has 2 N–H and O–H groups in total. The van der Waals surface area contributed by atoms with E-state index in [1.54, 1.807) is 12.1 Å². The van der Waals surface area contributed by atoms with E-state index in [4.69, 9.17) is 0 Å². The highest BCUT2D eigenvalue weighted by atomic mass is 19.1. The number of carbonyl (C=O) groups is 1. The summed E-state index contributed by atoms with van der Waals surface area (Å²) in [4.78, 5) is 12.0. The van der Waals surface area contributed by atoms with Crippen LogP contribution in [0.1, 0.15) is 29.3 Å². The van der Waals surface area contributed by atoms with Crippen LogP contribution in [0.4, 0.5) is 10.1 Å². The summed E-state index contributed by atoms with van der Waals surface area (Å²) in [5.41, 5.74) is 1.85. The molecule has 21 heavy (non-hydrogen) atoms. The Hall–Kier alpha value is -2.20. The molecule has 4 heteroatoms. The second-order valence-electron chi connectivity index (χ2n) is 4.81. The smallest absolute Gasteiger partial charge is 0.258 e. The van der Waals surface area contributed by atoms with Gasteiger partial charge in [0, 0.05) is 12.2 Å². The van der Waals surface area contributed by atoms with Crippen LogP contribution >= 0.6 is 0 Å². The van der Waals surface area contributed by atoms with Gasteiger partial charge in [0.25, 0.3) is 5.91 Å². The van der Waals surface area contributed by atoms with Gasteiger partial charge in [-0.15, -0.1) is 0 Å². The van der Waals surface area contributed by atoms with Gasteiger partial charge in [-0.2, -0.15) is 0 Å². The van der Waals surface area contributed by atoms with Gasteiger partial charge >= 0.3 is 0 Å². The lowest BCUT2D eigenvalue weighted by atomic mass is 10.1. The van der Waals surface area contributed by atoms with Crippen molar-refractivity contribution in [3.63, 3.8) is 0 Å². The average Bonchev–Trinajstić information content (AvgIpc) is 2.49. The third-order valence-corrected chi connectivity index (χ3v) is 3.09. The fraction of sp³-hybridized carbons (Fsp3) is 0.235. The molecule has 0 saturated heterocycles. The minimum Gasteiger partial charge on any atom is -0.322 e. The van der Waals surface area contributed by atoms with Gasteiger partial charge in [0.1, 0.15) is 5.82 Å². The molecule has 0 aliphatic rings. The van der Waals surface area contributed by atoms with E-state index in [9.17, 15) is 9.18 Å². The first-order valence-corrected chi connectivity index (χ1v) is 7.06. The summed E-state index contributed by atoms with van der Waals surface area (Å²) in [6.45, 7) is 3.90. The van der Waals surface area contributed by atoms with E-state index in [2.05, 4.69) is 17.6 Å². The van der Waals surface area contributed by atoms with Crippen molar-refractivity contribution in [1.29, 1.82) is 0 Å². The molecule has 0 fully saturated rings. The Bertz CT molecular complexity index is 596. The van der Waals surface area contributed by atoms with Crippen molar-refractivity contribution in [2.45, 2.75) is 19.9 Å². The summed E-state index contributed by atoms with van der Waals surface area (Å²) in [7, 11) is 0. The standard InChI is InChI=1S/C17H19FN2O/c1-2-11-19-12-13-7-9-14(10-8-13)20-17(21)15-5-3-4-6-16(15)18/h3-10,19H,2,11-12H2,1H3,(H,20,21). The van der Waals surface area contributed by atoms with E-state index >= 15 is 0 Å². The van der Waals surface area contributed by atoms with Gasteiger partial charge in [-0.05, 0) is 42.8 Å². The van der Waals surface area contributed by atoms with Crippen molar-refractivity contribution < 1.29 is 9.18 Å². The maximum atomic E-state index is 13.5. The number of amides is 1. The van der Waals surface area contributed by atoms with Crippen molar-refractivity contribution in [3.8, 4) is 0 Å². The molecule has 2 rings (SSSR count). The summed E-state index contributed by atoms with van der Waals surface area (Å²) in [5, 5.41) is 6.00. The number of halogens is 1. The topological polar surface area (TPSA) is 41.1 Å². The lowest BCUT2D eigenvalue weighted by Crippen LogP contribution is -2.15. The predicted molar refractivity (Wildman–Crippen MR) is 82.8 cm³/mol. The Labute approximate surface area is 124 Å². The molecule has 110 valence electrons. The van der Waals surface area contributed by atoms with Crippen LogP contribution in [0.3, 0.4) is 0 Å². The van der Waals surface area contributed by atoms with Crippen molar-refractivity contribution in [3.05, 3.63) is 65.5 Å². The van der Waals surface area contributed by atoms with Crippen molar-refractivity contribution in [1.82, 2.24) is 5.32 Å². The van der Waals surface area contributed by atoms with Crippen LogP contribution < -0.4 is 10.6 Å². The summed E-state index contributed by atoms with van der Waals surface area (Å²) >= 11 is 0. The van der Waals surface area contributed by atoms with Crippen LogP contribution in [0.5, 0.6) is 0 Å². The largest absolute Gasteiger partial charge is 0.322 e. The van der Waals surface area contributed by atoms with E-state index in [0.717, 1.165) is 25.1 Å². The summed E-state index contributed by atoms with van der Waals surface area (Å²) < 4.78 is 13.5. The lowest BCUT2D eigenvalue weighted by Gasteiger charge is -2.08. The fourth-order valence-corrected chi connectivity index (χ4v) is 1.96. The normalized spacial score (nSPS) is 10.4. The zero-order valence-electron chi connectivity index (χ0n) is 12.0. The molecule has 0 unspecified atom stereocenters. The third kappa shape index (κ3) is 4.39.